The van der Waals surface area contributed by atoms with E-state index < -0.39 is 4.92 Å². The molecule has 0 spiro atoms. The number of nitro groups is 1. The van der Waals surface area contributed by atoms with E-state index in [4.69, 9.17) is 4.74 Å². The zero-order valence-corrected chi connectivity index (χ0v) is 24.6. The van der Waals surface area contributed by atoms with Crippen LogP contribution in [0, 0.1) is 24.0 Å². The molecule has 0 radical (unpaired) electrons. The quantitative estimate of drug-likeness (QED) is 0.111. The molecule has 1 atom stereocenters. The molecule has 0 saturated carbocycles. The number of hydrogen-bond donors (Lipinski definition) is 1. The standard InChI is InChI=1S/C35H33N3O5/c1-5-43-35(40)27-12-10-26(11-13-27)31-9-7-6-8-29(31)21-37-24(4)22(2)32-20-28(16-19-33(32)37)34(39)36-23(3)25-14-17-30(18-15-25)38(41)42/h6-20,23H,5,21H2,1-4H3,(H,36,39)/t23-/m0/s1. The highest BCUT2D eigenvalue weighted by Crippen LogP contribution is 2.31. The van der Waals surface area contributed by atoms with Crippen LogP contribution in [0.25, 0.3) is 22.0 Å². The summed E-state index contributed by atoms with van der Waals surface area (Å²) in [7, 11) is 0. The third kappa shape index (κ3) is 6.04. The molecule has 0 aliphatic carbocycles. The van der Waals surface area contributed by atoms with Crippen LogP contribution in [0.5, 0.6) is 0 Å². The fraction of sp³-hybridized carbons (Fsp3) is 0.200. The SMILES string of the molecule is CCOC(=O)c1ccc(-c2ccccc2Cn2c(C)c(C)c3cc(C(=O)N[C@@H](C)c4ccc([N+](=O)[O-])cc4)ccc32)cc1. The van der Waals surface area contributed by atoms with Gasteiger partial charge in [0, 0.05) is 40.8 Å². The van der Waals surface area contributed by atoms with Crippen molar-refractivity contribution >= 4 is 28.5 Å². The first-order chi connectivity index (χ1) is 20.7. The molecule has 4 aromatic carbocycles. The van der Waals surface area contributed by atoms with Crippen LogP contribution in [0.15, 0.2) is 91.0 Å². The maximum absolute atomic E-state index is 13.2. The maximum Gasteiger partial charge on any atom is 0.338 e. The molecule has 0 aliphatic rings. The summed E-state index contributed by atoms with van der Waals surface area (Å²) in [6.07, 6.45) is 0. The van der Waals surface area contributed by atoms with Gasteiger partial charge in [0.25, 0.3) is 11.6 Å². The summed E-state index contributed by atoms with van der Waals surface area (Å²) >= 11 is 0. The number of nitrogens with one attached hydrogen (secondary N) is 1. The van der Waals surface area contributed by atoms with Crippen LogP contribution in [-0.4, -0.2) is 28.0 Å². The smallest absolute Gasteiger partial charge is 0.338 e. The number of hydrogen-bond acceptors (Lipinski definition) is 5. The van der Waals surface area contributed by atoms with Crippen molar-refractivity contribution in [3.8, 4) is 11.1 Å². The number of carbonyl (C=O) groups excluding carboxylic acids is 2. The number of aryl methyl sites for hydroxylation is 1. The van der Waals surface area contributed by atoms with Crippen molar-refractivity contribution in [2.45, 2.75) is 40.3 Å². The Kier molecular flexibility index (Phi) is 8.39. The molecule has 0 aliphatic heterocycles. The molecular formula is C35H33N3O5. The summed E-state index contributed by atoms with van der Waals surface area (Å²) in [6.45, 7) is 8.76. The van der Waals surface area contributed by atoms with E-state index in [-0.39, 0.29) is 23.6 Å². The van der Waals surface area contributed by atoms with Crippen LogP contribution in [0.2, 0.25) is 0 Å². The number of non-ortho nitro benzene ring substituents is 1. The Morgan fingerprint density at radius 2 is 1.60 bits per heavy atom. The topological polar surface area (TPSA) is 103 Å². The lowest BCUT2D eigenvalue weighted by Gasteiger charge is -2.15. The first kappa shape index (κ1) is 29.3. The molecule has 1 aromatic heterocycles. The van der Waals surface area contributed by atoms with Crippen LogP contribution in [0.3, 0.4) is 0 Å². The first-order valence-electron chi connectivity index (χ1n) is 14.2. The molecule has 218 valence electrons. The largest absolute Gasteiger partial charge is 0.462 e. The van der Waals surface area contributed by atoms with Gasteiger partial charge in [-0.25, -0.2) is 4.79 Å². The molecule has 5 rings (SSSR count). The van der Waals surface area contributed by atoms with Gasteiger partial charge in [0.05, 0.1) is 23.1 Å². The number of nitrogens with zero attached hydrogens (tertiary/aromatic N) is 2. The molecule has 1 N–H and O–H groups in total. The molecule has 43 heavy (non-hydrogen) atoms. The van der Waals surface area contributed by atoms with E-state index in [1.807, 2.05) is 49.4 Å². The minimum absolute atomic E-state index is 0.0117. The van der Waals surface area contributed by atoms with Gasteiger partial charge in [-0.1, -0.05) is 48.5 Å². The zero-order chi connectivity index (χ0) is 30.7. The number of nitro benzene ring substituents is 1. The van der Waals surface area contributed by atoms with Gasteiger partial charge in [0.1, 0.15) is 0 Å². The Labute approximate surface area is 250 Å². The second-order valence-corrected chi connectivity index (χ2v) is 10.5. The summed E-state index contributed by atoms with van der Waals surface area (Å²) in [4.78, 5) is 35.8. The predicted molar refractivity (Wildman–Crippen MR) is 167 cm³/mol. The van der Waals surface area contributed by atoms with Gasteiger partial charge >= 0.3 is 5.97 Å². The number of fused-ring (bicyclic) bond motifs is 1. The Bertz CT molecular complexity index is 1820. The minimum Gasteiger partial charge on any atom is -0.462 e. The predicted octanol–water partition coefficient (Wildman–Crippen LogP) is 7.55. The number of aromatic nitrogens is 1. The second kappa shape index (κ2) is 12.3. The van der Waals surface area contributed by atoms with E-state index in [1.54, 1.807) is 31.2 Å². The van der Waals surface area contributed by atoms with Gasteiger partial charge in [0.2, 0.25) is 0 Å². The summed E-state index contributed by atoms with van der Waals surface area (Å²) < 4.78 is 7.38. The Hall–Kier alpha value is -5.24. The molecule has 5 aromatic rings. The van der Waals surface area contributed by atoms with Gasteiger partial charge in [-0.3, -0.25) is 14.9 Å². The Morgan fingerprint density at radius 3 is 2.28 bits per heavy atom. The second-order valence-electron chi connectivity index (χ2n) is 10.5. The average molecular weight is 576 g/mol. The number of esters is 1. The third-order valence-electron chi connectivity index (χ3n) is 7.91. The highest BCUT2D eigenvalue weighted by Gasteiger charge is 2.18. The molecule has 8 nitrogen and oxygen atoms in total. The van der Waals surface area contributed by atoms with E-state index in [0.717, 1.165) is 44.4 Å². The lowest BCUT2D eigenvalue weighted by Crippen LogP contribution is -2.26. The molecule has 0 fully saturated rings. The molecule has 0 unspecified atom stereocenters. The minimum atomic E-state index is -0.442. The lowest BCUT2D eigenvalue weighted by atomic mass is 9.98. The van der Waals surface area contributed by atoms with E-state index >= 15 is 0 Å². The average Bonchev–Trinajstić information content (AvgIpc) is 3.25. The Morgan fingerprint density at radius 1 is 0.930 bits per heavy atom. The highest BCUT2D eigenvalue weighted by atomic mass is 16.6. The fourth-order valence-electron chi connectivity index (χ4n) is 5.35. The molecule has 0 saturated heterocycles. The fourth-order valence-corrected chi connectivity index (χ4v) is 5.35. The summed E-state index contributed by atoms with van der Waals surface area (Å²) in [5.41, 5.74) is 8.32. The van der Waals surface area contributed by atoms with Crippen molar-refractivity contribution in [3.63, 3.8) is 0 Å². The van der Waals surface area contributed by atoms with Gasteiger partial charge in [-0.05, 0) is 85.8 Å². The van der Waals surface area contributed by atoms with Crippen molar-refractivity contribution in [2.75, 3.05) is 6.61 Å². The van der Waals surface area contributed by atoms with Crippen molar-refractivity contribution in [1.29, 1.82) is 0 Å². The highest BCUT2D eigenvalue weighted by molar-refractivity contribution is 5.99. The van der Waals surface area contributed by atoms with Crippen molar-refractivity contribution in [2.24, 2.45) is 0 Å². The number of rotatable bonds is 9. The molecular weight excluding hydrogens is 542 g/mol. The normalized spacial score (nSPS) is 11.7. The van der Waals surface area contributed by atoms with Crippen LogP contribution in [-0.2, 0) is 11.3 Å². The Balaban J connectivity index is 1.39. The molecule has 8 heteroatoms. The molecule has 0 bridgehead atoms. The van der Waals surface area contributed by atoms with E-state index in [0.29, 0.717) is 24.3 Å². The van der Waals surface area contributed by atoms with Gasteiger partial charge in [0.15, 0.2) is 0 Å². The number of benzene rings is 4. The summed E-state index contributed by atoms with van der Waals surface area (Å²) in [6, 6.07) is 27.3. The number of ether oxygens (including phenoxy) is 1. The lowest BCUT2D eigenvalue weighted by molar-refractivity contribution is -0.384. The van der Waals surface area contributed by atoms with Gasteiger partial charge in [-0.15, -0.1) is 0 Å². The summed E-state index contributed by atoms with van der Waals surface area (Å²) in [5, 5.41) is 15.0. The van der Waals surface area contributed by atoms with Gasteiger partial charge < -0.3 is 14.6 Å². The van der Waals surface area contributed by atoms with Crippen molar-refractivity contribution in [1.82, 2.24) is 9.88 Å². The van der Waals surface area contributed by atoms with Gasteiger partial charge in [-0.2, -0.15) is 0 Å². The first-order valence-corrected chi connectivity index (χ1v) is 14.2. The van der Waals surface area contributed by atoms with E-state index in [9.17, 15) is 19.7 Å². The molecule has 1 heterocycles. The van der Waals surface area contributed by atoms with Crippen LogP contribution in [0.1, 0.15) is 63.0 Å². The maximum atomic E-state index is 13.2. The number of carbonyl (C=O) groups is 2. The summed E-state index contributed by atoms with van der Waals surface area (Å²) in [5.74, 6) is -0.546. The van der Waals surface area contributed by atoms with E-state index in [2.05, 4.69) is 35.9 Å². The van der Waals surface area contributed by atoms with Crippen molar-refractivity contribution in [3.05, 3.63) is 135 Å². The molecule has 1 amide bonds. The van der Waals surface area contributed by atoms with Crippen LogP contribution >= 0.6 is 0 Å². The zero-order valence-electron chi connectivity index (χ0n) is 24.6. The third-order valence-corrected chi connectivity index (χ3v) is 7.91. The van der Waals surface area contributed by atoms with Crippen molar-refractivity contribution < 1.29 is 19.2 Å². The number of amides is 1. The van der Waals surface area contributed by atoms with Crippen LogP contribution in [0.4, 0.5) is 5.69 Å². The monoisotopic (exact) mass is 575 g/mol. The van der Waals surface area contributed by atoms with Crippen LogP contribution < -0.4 is 5.32 Å². The van der Waals surface area contributed by atoms with E-state index in [1.165, 1.54) is 12.1 Å².